The van der Waals surface area contributed by atoms with Crippen LogP contribution in [-0.4, -0.2) is 22.7 Å². The zero-order chi connectivity index (χ0) is 11.3. The highest BCUT2D eigenvalue weighted by Gasteiger charge is 2.13. The number of nitrogens with zero attached hydrogens (tertiary/aromatic N) is 1. The van der Waals surface area contributed by atoms with E-state index in [-0.39, 0.29) is 12.4 Å². The van der Waals surface area contributed by atoms with Crippen LogP contribution in [0, 0.1) is 6.92 Å². The van der Waals surface area contributed by atoms with E-state index in [1.54, 1.807) is 6.92 Å². The summed E-state index contributed by atoms with van der Waals surface area (Å²) in [5.74, 6) is -0.273. The fourth-order valence-electron chi connectivity index (χ4n) is 1.14. The summed E-state index contributed by atoms with van der Waals surface area (Å²) in [4.78, 5) is 15.2. The van der Waals surface area contributed by atoms with E-state index in [1.165, 1.54) is 11.3 Å². The monoisotopic (exact) mass is 229 g/mol. The molecule has 0 saturated heterocycles. The van der Waals surface area contributed by atoms with Crippen LogP contribution in [0.5, 0.6) is 0 Å². The maximum absolute atomic E-state index is 11.0. The van der Waals surface area contributed by atoms with E-state index in [2.05, 4.69) is 4.98 Å². The summed E-state index contributed by atoms with van der Waals surface area (Å²) in [6, 6.07) is 0. The third-order valence-corrected chi connectivity index (χ3v) is 2.91. The van der Waals surface area contributed by atoms with Gasteiger partial charge in [-0.25, -0.2) is 4.98 Å². The number of esters is 1. The predicted octanol–water partition coefficient (Wildman–Crippen LogP) is 1.83. The topological polar surface area (TPSA) is 59.4 Å². The highest BCUT2D eigenvalue weighted by Crippen LogP contribution is 2.21. The zero-order valence-electron chi connectivity index (χ0n) is 8.90. The molecule has 0 spiro atoms. The van der Waals surface area contributed by atoms with Gasteiger partial charge in [0.25, 0.3) is 0 Å². The Morgan fingerprint density at radius 1 is 1.73 bits per heavy atom. The van der Waals surface area contributed by atoms with Gasteiger partial charge in [-0.3, -0.25) is 4.79 Å². The van der Waals surface area contributed by atoms with Crippen molar-refractivity contribution in [1.29, 1.82) is 0 Å². The molecular formula is C10H15NO3S. The van der Waals surface area contributed by atoms with E-state index >= 15 is 0 Å². The van der Waals surface area contributed by atoms with Crippen molar-refractivity contribution in [3.05, 3.63) is 16.1 Å². The van der Waals surface area contributed by atoms with Crippen molar-refractivity contribution in [1.82, 2.24) is 4.98 Å². The number of hydrogen-bond donors (Lipinski definition) is 1. The van der Waals surface area contributed by atoms with E-state index in [0.717, 1.165) is 5.69 Å². The summed E-state index contributed by atoms with van der Waals surface area (Å²) in [7, 11) is 0. The Morgan fingerprint density at radius 3 is 3.00 bits per heavy atom. The zero-order valence-corrected chi connectivity index (χ0v) is 9.71. The van der Waals surface area contributed by atoms with Crippen molar-refractivity contribution in [2.45, 2.75) is 32.8 Å². The second-order valence-corrected chi connectivity index (χ2v) is 4.08. The first-order valence-corrected chi connectivity index (χ1v) is 5.77. The highest BCUT2D eigenvalue weighted by molar-refractivity contribution is 7.09. The summed E-state index contributed by atoms with van der Waals surface area (Å²) in [6.45, 7) is 4.02. The Morgan fingerprint density at radius 2 is 2.47 bits per heavy atom. The molecule has 1 aromatic heterocycles. The number of aryl methyl sites for hydroxylation is 1. The molecule has 5 heteroatoms. The molecule has 4 nitrogen and oxygen atoms in total. The van der Waals surface area contributed by atoms with Gasteiger partial charge >= 0.3 is 5.97 Å². The number of aromatic nitrogens is 1. The molecule has 0 radical (unpaired) electrons. The molecule has 1 unspecified atom stereocenters. The smallest absolute Gasteiger partial charge is 0.305 e. The lowest BCUT2D eigenvalue weighted by Gasteiger charge is -2.06. The number of aliphatic hydroxyl groups excluding tert-OH is 1. The summed E-state index contributed by atoms with van der Waals surface area (Å²) in [5.41, 5.74) is 0.894. The summed E-state index contributed by atoms with van der Waals surface area (Å²) < 4.78 is 4.77. The van der Waals surface area contributed by atoms with Crippen LogP contribution in [0.4, 0.5) is 0 Å². The second kappa shape index (κ2) is 5.82. The van der Waals surface area contributed by atoms with Gasteiger partial charge in [0.05, 0.1) is 6.61 Å². The first-order chi connectivity index (χ1) is 7.13. The lowest BCUT2D eigenvalue weighted by atomic mass is 10.2. The normalized spacial score (nSPS) is 12.5. The second-order valence-electron chi connectivity index (χ2n) is 3.19. The van der Waals surface area contributed by atoms with Gasteiger partial charge in [0.1, 0.15) is 11.1 Å². The van der Waals surface area contributed by atoms with Crippen LogP contribution >= 0.6 is 11.3 Å². The molecule has 84 valence electrons. The van der Waals surface area contributed by atoms with Crippen molar-refractivity contribution < 1.29 is 14.6 Å². The van der Waals surface area contributed by atoms with Gasteiger partial charge in [0.15, 0.2) is 0 Å². The van der Waals surface area contributed by atoms with E-state index < -0.39 is 6.10 Å². The quantitative estimate of drug-likeness (QED) is 0.782. The SMILES string of the molecule is CCOC(=O)CCC(O)c1nc(C)cs1. The first kappa shape index (κ1) is 12.1. The minimum absolute atomic E-state index is 0.230. The minimum atomic E-state index is -0.659. The van der Waals surface area contributed by atoms with Crippen LogP contribution in [0.3, 0.4) is 0 Å². The maximum Gasteiger partial charge on any atom is 0.305 e. The van der Waals surface area contributed by atoms with Crippen LogP contribution in [0.2, 0.25) is 0 Å². The maximum atomic E-state index is 11.0. The first-order valence-electron chi connectivity index (χ1n) is 4.89. The lowest BCUT2D eigenvalue weighted by molar-refractivity contribution is -0.143. The third-order valence-electron chi connectivity index (χ3n) is 1.85. The molecule has 0 saturated carbocycles. The predicted molar refractivity (Wildman–Crippen MR) is 57.7 cm³/mol. The molecule has 0 aliphatic carbocycles. The molecule has 1 aromatic rings. The van der Waals surface area contributed by atoms with Gasteiger partial charge in [0.2, 0.25) is 0 Å². The van der Waals surface area contributed by atoms with Gasteiger partial charge in [-0.1, -0.05) is 0 Å². The third kappa shape index (κ3) is 3.97. The average Bonchev–Trinajstić information content (AvgIpc) is 2.62. The van der Waals surface area contributed by atoms with Crippen LogP contribution in [0.1, 0.15) is 36.6 Å². The molecule has 0 fully saturated rings. The summed E-state index contributed by atoms with van der Waals surface area (Å²) >= 11 is 1.41. The fraction of sp³-hybridized carbons (Fsp3) is 0.600. The largest absolute Gasteiger partial charge is 0.466 e. The van der Waals surface area contributed by atoms with Crippen molar-refractivity contribution in [3.63, 3.8) is 0 Å². The van der Waals surface area contributed by atoms with E-state index in [4.69, 9.17) is 4.74 Å². The number of carbonyl (C=O) groups is 1. The van der Waals surface area contributed by atoms with Gasteiger partial charge in [-0.2, -0.15) is 0 Å². The molecule has 1 heterocycles. The molecule has 1 N–H and O–H groups in total. The number of thiazole rings is 1. The number of rotatable bonds is 5. The molecule has 0 amide bonds. The van der Waals surface area contributed by atoms with Gasteiger partial charge < -0.3 is 9.84 Å². The Kier molecular flexibility index (Phi) is 4.71. The minimum Gasteiger partial charge on any atom is -0.466 e. The van der Waals surface area contributed by atoms with Crippen molar-refractivity contribution in [2.24, 2.45) is 0 Å². The molecular weight excluding hydrogens is 214 g/mol. The van der Waals surface area contributed by atoms with Crippen LogP contribution < -0.4 is 0 Å². The van der Waals surface area contributed by atoms with Crippen LogP contribution in [-0.2, 0) is 9.53 Å². The van der Waals surface area contributed by atoms with Crippen LogP contribution in [0.25, 0.3) is 0 Å². The van der Waals surface area contributed by atoms with Crippen LogP contribution in [0.15, 0.2) is 5.38 Å². The molecule has 1 rings (SSSR count). The molecule has 0 bridgehead atoms. The Hall–Kier alpha value is -0.940. The lowest BCUT2D eigenvalue weighted by Crippen LogP contribution is -2.06. The van der Waals surface area contributed by atoms with Crippen molar-refractivity contribution >= 4 is 17.3 Å². The highest BCUT2D eigenvalue weighted by atomic mass is 32.1. The number of carbonyl (C=O) groups excluding carboxylic acids is 1. The van der Waals surface area contributed by atoms with Gasteiger partial charge in [-0.05, 0) is 20.3 Å². The molecule has 0 aliphatic heterocycles. The number of ether oxygens (including phenoxy) is 1. The van der Waals surface area contributed by atoms with E-state index in [0.29, 0.717) is 18.0 Å². The average molecular weight is 229 g/mol. The number of hydrogen-bond acceptors (Lipinski definition) is 5. The summed E-state index contributed by atoms with van der Waals surface area (Å²) in [6.07, 6.45) is -0.0625. The molecule has 0 aliphatic rings. The number of aliphatic hydroxyl groups is 1. The fourth-order valence-corrected chi connectivity index (χ4v) is 1.95. The summed E-state index contributed by atoms with van der Waals surface area (Å²) in [5, 5.41) is 12.2. The Labute approximate surface area is 92.9 Å². The standard InChI is InChI=1S/C10H15NO3S/c1-3-14-9(13)5-4-8(12)10-11-7(2)6-15-10/h6,8,12H,3-5H2,1-2H3. The van der Waals surface area contributed by atoms with E-state index in [9.17, 15) is 9.90 Å². The molecule has 0 aromatic carbocycles. The van der Waals surface area contributed by atoms with Gasteiger partial charge in [-0.15, -0.1) is 11.3 Å². The Balaban J connectivity index is 2.36. The van der Waals surface area contributed by atoms with Gasteiger partial charge in [0, 0.05) is 17.5 Å². The Bertz CT molecular complexity index is 324. The van der Waals surface area contributed by atoms with Crippen molar-refractivity contribution in [2.75, 3.05) is 6.61 Å². The molecule has 15 heavy (non-hydrogen) atoms. The van der Waals surface area contributed by atoms with E-state index in [1.807, 2.05) is 12.3 Å². The molecule has 1 atom stereocenters. The van der Waals surface area contributed by atoms with Crippen molar-refractivity contribution in [3.8, 4) is 0 Å².